The summed E-state index contributed by atoms with van der Waals surface area (Å²) >= 11 is 0. The SMILES string of the molecule is Cc1ccc(N2CC(C)(C)CNCC2CO)cc1C. The molecule has 3 heteroatoms. The molecule has 3 nitrogen and oxygen atoms in total. The summed E-state index contributed by atoms with van der Waals surface area (Å²) in [6.45, 7) is 11.8. The third kappa shape index (κ3) is 3.28. The van der Waals surface area contributed by atoms with Crippen LogP contribution in [0.15, 0.2) is 18.2 Å². The molecule has 1 aromatic rings. The summed E-state index contributed by atoms with van der Waals surface area (Å²) in [7, 11) is 0. The van der Waals surface area contributed by atoms with Crippen LogP contribution in [-0.4, -0.2) is 37.4 Å². The number of rotatable bonds is 2. The van der Waals surface area contributed by atoms with Crippen LogP contribution in [0.3, 0.4) is 0 Å². The summed E-state index contributed by atoms with van der Waals surface area (Å²) in [4.78, 5) is 2.35. The zero-order chi connectivity index (χ0) is 14.0. The van der Waals surface area contributed by atoms with Crippen molar-refractivity contribution in [2.45, 2.75) is 33.7 Å². The van der Waals surface area contributed by atoms with E-state index in [0.717, 1.165) is 19.6 Å². The predicted octanol–water partition coefficient (Wildman–Crippen LogP) is 2.10. The number of nitrogens with zero attached hydrogens (tertiary/aromatic N) is 1. The summed E-state index contributed by atoms with van der Waals surface area (Å²) < 4.78 is 0. The number of nitrogens with one attached hydrogen (secondary N) is 1. The molecular formula is C16H26N2O. The highest BCUT2D eigenvalue weighted by Crippen LogP contribution is 2.27. The molecule has 1 fully saturated rings. The van der Waals surface area contributed by atoms with Gasteiger partial charge < -0.3 is 15.3 Å². The van der Waals surface area contributed by atoms with Gasteiger partial charge in [-0.2, -0.15) is 0 Å². The van der Waals surface area contributed by atoms with E-state index in [9.17, 15) is 5.11 Å². The molecular weight excluding hydrogens is 236 g/mol. The Hall–Kier alpha value is -1.06. The Bertz CT molecular complexity index is 442. The third-order valence-corrected chi connectivity index (χ3v) is 4.06. The van der Waals surface area contributed by atoms with E-state index in [1.165, 1.54) is 16.8 Å². The molecule has 1 aromatic carbocycles. The van der Waals surface area contributed by atoms with Gasteiger partial charge in [-0.25, -0.2) is 0 Å². The predicted molar refractivity (Wildman–Crippen MR) is 80.8 cm³/mol. The minimum absolute atomic E-state index is 0.156. The summed E-state index contributed by atoms with van der Waals surface area (Å²) in [5.74, 6) is 0. The van der Waals surface area contributed by atoms with E-state index in [0.29, 0.717) is 0 Å². The van der Waals surface area contributed by atoms with Crippen molar-refractivity contribution in [2.75, 3.05) is 31.1 Å². The minimum atomic E-state index is 0.156. The molecule has 0 aromatic heterocycles. The molecule has 2 N–H and O–H groups in total. The number of aliphatic hydroxyl groups excluding tert-OH is 1. The first-order chi connectivity index (χ1) is 8.93. The molecule has 1 heterocycles. The topological polar surface area (TPSA) is 35.5 Å². The number of aryl methyl sites for hydroxylation is 2. The Morgan fingerprint density at radius 1 is 1.32 bits per heavy atom. The number of hydrogen-bond acceptors (Lipinski definition) is 3. The molecule has 0 saturated carbocycles. The van der Waals surface area contributed by atoms with E-state index in [2.05, 4.69) is 56.1 Å². The van der Waals surface area contributed by atoms with Crippen LogP contribution in [-0.2, 0) is 0 Å². The Morgan fingerprint density at radius 2 is 2.05 bits per heavy atom. The molecule has 0 amide bonds. The monoisotopic (exact) mass is 262 g/mol. The second-order valence-electron chi connectivity index (χ2n) is 6.53. The molecule has 0 bridgehead atoms. The Morgan fingerprint density at radius 3 is 2.68 bits per heavy atom. The van der Waals surface area contributed by atoms with E-state index < -0.39 is 0 Å². The van der Waals surface area contributed by atoms with Crippen molar-refractivity contribution in [1.29, 1.82) is 0 Å². The lowest BCUT2D eigenvalue weighted by molar-refractivity contribution is 0.258. The summed E-state index contributed by atoms with van der Waals surface area (Å²) in [6, 6.07) is 6.74. The van der Waals surface area contributed by atoms with Crippen molar-refractivity contribution in [2.24, 2.45) is 5.41 Å². The first-order valence-corrected chi connectivity index (χ1v) is 7.08. The maximum Gasteiger partial charge on any atom is 0.0647 e. The molecule has 0 aliphatic carbocycles. The average molecular weight is 262 g/mol. The smallest absolute Gasteiger partial charge is 0.0647 e. The van der Waals surface area contributed by atoms with Gasteiger partial charge in [0.15, 0.2) is 0 Å². The first-order valence-electron chi connectivity index (χ1n) is 7.08. The van der Waals surface area contributed by atoms with Gasteiger partial charge in [-0.3, -0.25) is 0 Å². The lowest BCUT2D eigenvalue weighted by Gasteiger charge is -2.35. The second-order valence-corrected chi connectivity index (χ2v) is 6.53. The fourth-order valence-electron chi connectivity index (χ4n) is 2.70. The largest absolute Gasteiger partial charge is 0.394 e. The van der Waals surface area contributed by atoms with Crippen molar-refractivity contribution >= 4 is 5.69 Å². The third-order valence-electron chi connectivity index (χ3n) is 4.06. The quantitative estimate of drug-likeness (QED) is 0.857. The van der Waals surface area contributed by atoms with Crippen molar-refractivity contribution in [3.05, 3.63) is 29.3 Å². The van der Waals surface area contributed by atoms with Crippen LogP contribution in [0.25, 0.3) is 0 Å². The van der Waals surface area contributed by atoms with Gasteiger partial charge in [-0.15, -0.1) is 0 Å². The van der Waals surface area contributed by atoms with E-state index in [-0.39, 0.29) is 18.1 Å². The first kappa shape index (κ1) is 14.4. The zero-order valence-corrected chi connectivity index (χ0v) is 12.5. The maximum absolute atomic E-state index is 9.66. The van der Waals surface area contributed by atoms with Crippen LogP contribution >= 0.6 is 0 Å². The summed E-state index contributed by atoms with van der Waals surface area (Å²) in [6.07, 6.45) is 0. The van der Waals surface area contributed by atoms with E-state index >= 15 is 0 Å². The van der Waals surface area contributed by atoms with Crippen LogP contribution < -0.4 is 10.2 Å². The normalized spacial score (nSPS) is 23.2. The van der Waals surface area contributed by atoms with Crippen molar-refractivity contribution in [3.8, 4) is 0 Å². The molecule has 1 atom stereocenters. The molecule has 1 saturated heterocycles. The van der Waals surface area contributed by atoms with Gasteiger partial charge >= 0.3 is 0 Å². The molecule has 1 unspecified atom stereocenters. The van der Waals surface area contributed by atoms with Crippen molar-refractivity contribution < 1.29 is 5.11 Å². The van der Waals surface area contributed by atoms with Gasteiger partial charge in [-0.1, -0.05) is 19.9 Å². The van der Waals surface area contributed by atoms with Gasteiger partial charge in [0.2, 0.25) is 0 Å². The van der Waals surface area contributed by atoms with Crippen LogP contribution in [0, 0.1) is 19.3 Å². The van der Waals surface area contributed by atoms with Gasteiger partial charge in [-0.05, 0) is 42.5 Å². The van der Waals surface area contributed by atoms with Crippen LogP contribution in [0.5, 0.6) is 0 Å². The molecule has 106 valence electrons. The standard InChI is InChI=1S/C16H26N2O/c1-12-5-6-14(7-13(12)2)18-11-16(3,4)10-17-8-15(18)9-19/h5-7,15,17,19H,8-11H2,1-4H3. The number of hydrogen-bond donors (Lipinski definition) is 2. The molecule has 1 aliphatic rings. The lowest BCUT2D eigenvalue weighted by Crippen LogP contribution is -2.44. The summed E-state index contributed by atoms with van der Waals surface area (Å²) in [5.41, 5.74) is 4.06. The maximum atomic E-state index is 9.66. The van der Waals surface area contributed by atoms with E-state index in [1.807, 2.05) is 0 Å². The summed E-state index contributed by atoms with van der Waals surface area (Å²) in [5, 5.41) is 13.1. The molecule has 0 radical (unpaired) electrons. The highest BCUT2D eigenvalue weighted by atomic mass is 16.3. The molecule has 2 rings (SSSR count). The van der Waals surface area contributed by atoms with Crippen molar-refractivity contribution in [1.82, 2.24) is 5.32 Å². The highest BCUT2D eigenvalue weighted by Gasteiger charge is 2.30. The van der Waals surface area contributed by atoms with Crippen LogP contribution in [0.2, 0.25) is 0 Å². The Kier molecular flexibility index (Phi) is 4.16. The highest BCUT2D eigenvalue weighted by molar-refractivity contribution is 5.52. The zero-order valence-electron chi connectivity index (χ0n) is 12.5. The number of benzene rings is 1. The molecule has 1 aliphatic heterocycles. The van der Waals surface area contributed by atoms with Gasteiger partial charge in [0.1, 0.15) is 0 Å². The number of anilines is 1. The van der Waals surface area contributed by atoms with E-state index in [1.54, 1.807) is 0 Å². The van der Waals surface area contributed by atoms with Gasteiger partial charge in [0.25, 0.3) is 0 Å². The van der Waals surface area contributed by atoms with Crippen molar-refractivity contribution in [3.63, 3.8) is 0 Å². The van der Waals surface area contributed by atoms with Gasteiger partial charge in [0, 0.05) is 25.3 Å². The van der Waals surface area contributed by atoms with Crippen LogP contribution in [0.4, 0.5) is 5.69 Å². The Balaban J connectivity index is 2.33. The Labute approximate surface area is 116 Å². The second kappa shape index (κ2) is 5.51. The van der Waals surface area contributed by atoms with Crippen LogP contribution in [0.1, 0.15) is 25.0 Å². The fourth-order valence-corrected chi connectivity index (χ4v) is 2.70. The molecule has 0 spiro atoms. The lowest BCUT2D eigenvalue weighted by atomic mass is 9.92. The minimum Gasteiger partial charge on any atom is -0.394 e. The average Bonchev–Trinajstić information content (AvgIpc) is 2.50. The fraction of sp³-hybridized carbons (Fsp3) is 0.625. The van der Waals surface area contributed by atoms with Gasteiger partial charge in [0.05, 0.1) is 12.6 Å². The molecule has 19 heavy (non-hydrogen) atoms. The van der Waals surface area contributed by atoms with E-state index in [4.69, 9.17) is 0 Å². The number of aliphatic hydroxyl groups is 1.